The Kier molecular flexibility index (Phi) is 3.92. The van der Waals surface area contributed by atoms with Gasteiger partial charge in [0.2, 0.25) is 0 Å². The highest BCUT2D eigenvalue weighted by Crippen LogP contribution is 2.30. The van der Waals surface area contributed by atoms with Crippen molar-refractivity contribution in [3.05, 3.63) is 34.9 Å². The van der Waals surface area contributed by atoms with Gasteiger partial charge in [0.1, 0.15) is 0 Å². The van der Waals surface area contributed by atoms with Crippen LogP contribution in [0.2, 0.25) is 0 Å². The molecule has 0 aliphatic rings. The molecule has 1 aromatic rings. The molecular weight excluding hydrogens is 184 g/mol. The molecule has 0 spiro atoms. The topological polar surface area (TPSA) is 20.2 Å². The summed E-state index contributed by atoms with van der Waals surface area (Å²) in [4.78, 5) is 0. The van der Waals surface area contributed by atoms with Crippen molar-refractivity contribution in [2.45, 2.75) is 46.0 Å². The molecule has 15 heavy (non-hydrogen) atoms. The molecule has 1 N–H and O–H groups in total. The maximum absolute atomic E-state index is 9.49. The fraction of sp³-hybridized carbons (Fsp3) is 0.571. The van der Waals surface area contributed by atoms with Crippen LogP contribution in [0, 0.1) is 0 Å². The first kappa shape index (κ1) is 12.3. The molecule has 0 bridgehead atoms. The Hall–Kier alpha value is -0.820. The van der Waals surface area contributed by atoms with Gasteiger partial charge in [-0.2, -0.15) is 0 Å². The summed E-state index contributed by atoms with van der Waals surface area (Å²) in [5.41, 5.74) is 3.96. The summed E-state index contributed by atoms with van der Waals surface area (Å²) in [5.74, 6) is 0. The van der Waals surface area contributed by atoms with Crippen LogP contribution in [0.1, 0.15) is 44.4 Å². The van der Waals surface area contributed by atoms with E-state index in [2.05, 4.69) is 45.9 Å². The van der Waals surface area contributed by atoms with Crippen molar-refractivity contribution in [2.24, 2.45) is 0 Å². The maximum atomic E-state index is 9.49. The van der Waals surface area contributed by atoms with E-state index in [1.807, 2.05) is 0 Å². The average Bonchev–Trinajstić information content (AvgIpc) is 2.27. The summed E-state index contributed by atoms with van der Waals surface area (Å²) in [6.45, 7) is 8.77. The molecule has 0 heterocycles. The molecule has 0 unspecified atom stereocenters. The van der Waals surface area contributed by atoms with E-state index < -0.39 is 0 Å². The molecule has 0 atom stereocenters. The second-order valence-electron chi connectivity index (χ2n) is 4.70. The second-order valence-corrected chi connectivity index (χ2v) is 4.70. The van der Waals surface area contributed by atoms with Crippen molar-refractivity contribution in [2.75, 3.05) is 6.61 Å². The van der Waals surface area contributed by atoms with Crippen LogP contribution in [0.5, 0.6) is 0 Å². The number of aryl methyl sites for hydroxylation is 2. The number of aliphatic hydroxyl groups is 1. The fourth-order valence-electron chi connectivity index (χ4n) is 2.19. The van der Waals surface area contributed by atoms with Crippen LogP contribution in [0.15, 0.2) is 18.2 Å². The third-order valence-electron chi connectivity index (χ3n) is 3.07. The van der Waals surface area contributed by atoms with Crippen molar-refractivity contribution in [3.63, 3.8) is 0 Å². The lowest BCUT2D eigenvalue weighted by Crippen LogP contribution is -2.25. The highest BCUT2D eigenvalue weighted by molar-refractivity contribution is 5.40. The van der Waals surface area contributed by atoms with E-state index in [4.69, 9.17) is 0 Å². The molecule has 0 aliphatic heterocycles. The molecule has 1 rings (SSSR count). The highest BCUT2D eigenvalue weighted by atomic mass is 16.3. The summed E-state index contributed by atoms with van der Waals surface area (Å²) in [6, 6.07) is 6.46. The standard InChI is InChI=1S/C14H22O/c1-5-11-8-7-9-12(6-2)13(11)14(3,4)10-15/h7-9,15H,5-6,10H2,1-4H3. The van der Waals surface area contributed by atoms with Crippen molar-refractivity contribution in [1.82, 2.24) is 0 Å². The van der Waals surface area contributed by atoms with Gasteiger partial charge >= 0.3 is 0 Å². The summed E-state index contributed by atoms with van der Waals surface area (Å²) in [6.07, 6.45) is 2.07. The smallest absolute Gasteiger partial charge is 0.0522 e. The molecule has 0 radical (unpaired) electrons. The molecule has 0 saturated heterocycles. The molecule has 0 saturated carbocycles. The SMILES string of the molecule is CCc1cccc(CC)c1C(C)(C)CO. The Morgan fingerprint density at radius 3 is 1.87 bits per heavy atom. The van der Waals surface area contributed by atoms with Gasteiger partial charge in [0.25, 0.3) is 0 Å². The molecule has 1 aromatic carbocycles. The van der Waals surface area contributed by atoms with Crippen LogP contribution in [0.3, 0.4) is 0 Å². The van der Waals surface area contributed by atoms with Gasteiger partial charge in [-0.05, 0) is 29.5 Å². The summed E-state index contributed by atoms with van der Waals surface area (Å²) in [7, 11) is 0. The number of rotatable bonds is 4. The number of hydrogen-bond acceptors (Lipinski definition) is 1. The van der Waals surface area contributed by atoms with Gasteiger partial charge in [0.15, 0.2) is 0 Å². The number of hydrogen-bond donors (Lipinski definition) is 1. The molecule has 0 fully saturated rings. The lowest BCUT2D eigenvalue weighted by Gasteiger charge is -2.28. The van der Waals surface area contributed by atoms with Gasteiger partial charge in [-0.25, -0.2) is 0 Å². The quantitative estimate of drug-likeness (QED) is 0.802. The summed E-state index contributed by atoms with van der Waals surface area (Å²) < 4.78 is 0. The minimum atomic E-state index is -0.127. The van der Waals surface area contributed by atoms with Gasteiger partial charge in [0, 0.05) is 5.41 Å². The van der Waals surface area contributed by atoms with Gasteiger partial charge in [-0.15, -0.1) is 0 Å². The normalized spacial score (nSPS) is 11.8. The Labute approximate surface area is 93.1 Å². The number of benzene rings is 1. The molecular formula is C14H22O. The van der Waals surface area contributed by atoms with E-state index in [0.29, 0.717) is 0 Å². The fourth-order valence-corrected chi connectivity index (χ4v) is 2.19. The monoisotopic (exact) mass is 206 g/mol. The third-order valence-corrected chi connectivity index (χ3v) is 3.07. The summed E-state index contributed by atoms with van der Waals surface area (Å²) in [5, 5.41) is 9.49. The molecule has 0 aliphatic carbocycles. The van der Waals surface area contributed by atoms with E-state index in [-0.39, 0.29) is 12.0 Å². The lowest BCUT2D eigenvalue weighted by atomic mass is 9.78. The first-order valence-corrected chi connectivity index (χ1v) is 5.79. The molecule has 1 heteroatoms. The van der Waals surface area contributed by atoms with Crippen molar-refractivity contribution in [3.8, 4) is 0 Å². The Morgan fingerprint density at radius 2 is 1.53 bits per heavy atom. The molecule has 84 valence electrons. The molecule has 1 nitrogen and oxygen atoms in total. The van der Waals surface area contributed by atoms with Crippen LogP contribution >= 0.6 is 0 Å². The molecule has 0 aromatic heterocycles. The zero-order valence-electron chi connectivity index (χ0n) is 10.3. The third kappa shape index (κ3) is 2.40. The second kappa shape index (κ2) is 4.80. The van der Waals surface area contributed by atoms with E-state index >= 15 is 0 Å². The largest absolute Gasteiger partial charge is 0.395 e. The van der Waals surface area contributed by atoms with Crippen molar-refractivity contribution >= 4 is 0 Å². The lowest BCUT2D eigenvalue weighted by molar-refractivity contribution is 0.217. The summed E-state index contributed by atoms with van der Waals surface area (Å²) >= 11 is 0. The van der Waals surface area contributed by atoms with E-state index in [1.165, 1.54) is 16.7 Å². The van der Waals surface area contributed by atoms with Crippen LogP contribution < -0.4 is 0 Å². The van der Waals surface area contributed by atoms with Crippen LogP contribution in [0.4, 0.5) is 0 Å². The Morgan fingerprint density at radius 1 is 1.07 bits per heavy atom. The van der Waals surface area contributed by atoms with E-state index in [1.54, 1.807) is 0 Å². The van der Waals surface area contributed by atoms with Crippen LogP contribution in [0.25, 0.3) is 0 Å². The first-order valence-electron chi connectivity index (χ1n) is 5.79. The van der Waals surface area contributed by atoms with Crippen LogP contribution in [-0.4, -0.2) is 11.7 Å². The van der Waals surface area contributed by atoms with Gasteiger partial charge in [-0.3, -0.25) is 0 Å². The first-order chi connectivity index (χ1) is 7.06. The zero-order chi connectivity index (χ0) is 11.5. The number of aliphatic hydroxyl groups excluding tert-OH is 1. The van der Waals surface area contributed by atoms with Crippen molar-refractivity contribution < 1.29 is 5.11 Å². The maximum Gasteiger partial charge on any atom is 0.0522 e. The average molecular weight is 206 g/mol. The Balaban J connectivity index is 3.34. The predicted molar refractivity (Wildman–Crippen MR) is 65.3 cm³/mol. The van der Waals surface area contributed by atoms with Gasteiger partial charge < -0.3 is 5.11 Å². The highest BCUT2D eigenvalue weighted by Gasteiger charge is 2.24. The van der Waals surface area contributed by atoms with Gasteiger partial charge in [-0.1, -0.05) is 45.9 Å². The zero-order valence-corrected chi connectivity index (χ0v) is 10.3. The molecule has 0 amide bonds. The minimum absolute atomic E-state index is 0.127. The van der Waals surface area contributed by atoms with E-state index in [0.717, 1.165) is 12.8 Å². The Bertz CT molecular complexity index is 304. The van der Waals surface area contributed by atoms with Crippen molar-refractivity contribution in [1.29, 1.82) is 0 Å². The van der Waals surface area contributed by atoms with E-state index in [9.17, 15) is 5.11 Å². The van der Waals surface area contributed by atoms with Gasteiger partial charge in [0.05, 0.1) is 6.61 Å². The predicted octanol–water partition coefficient (Wildman–Crippen LogP) is 3.08. The van der Waals surface area contributed by atoms with Crippen LogP contribution in [-0.2, 0) is 18.3 Å². The minimum Gasteiger partial charge on any atom is -0.395 e.